The zero-order valence-corrected chi connectivity index (χ0v) is 6.96. The van der Waals surface area contributed by atoms with Gasteiger partial charge in [-0.25, -0.2) is 0 Å². The van der Waals surface area contributed by atoms with Crippen LogP contribution < -0.4 is 0 Å². The highest BCUT2D eigenvalue weighted by Crippen LogP contribution is 2.28. The molecule has 0 aliphatic carbocycles. The van der Waals surface area contributed by atoms with Gasteiger partial charge in [-0.3, -0.25) is 4.79 Å². The highest BCUT2D eigenvalue weighted by molar-refractivity contribution is 5.70. The van der Waals surface area contributed by atoms with Gasteiger partial charge in [0, 0.05) is 6.61 Å². The molecule has 0 saturated carbocycles. The molecule has 0 unspecified atom stereocenters. The smallest absolute Gasteiger partial charge is 0.306 e. The first-order valence-electron chi connectivity index (χ1n) is 3.88. The van der Waals surface area contributed by atoms with Gasteiger partial charge >= 0.3 is 5.97 Å². The summed E-state index contributed by atoms with van der Waals surface area (Å²) in [5.74, 6) is -0.903. The summed E-state index contributed by atoms with van der Waals surface area (Å²) in [5.41, 5.74) is -0.249. The number of rotatable bonds is 1. The first-order chi connectivity index (χ1) is 5.01. The van der Waals surface area contributed by atoms with E-state index in [1.807, 2.05) is 13.8 Å². The maximum Gasteiger partial charge on any atom is 0.306 e. The van der Waals surface area contributed by atoms with Crippen molar-refractivity contribution in [1.82, 2.24) is 0 Å². The van der Waals surface area contributed by atoms with Gasteiger partial charge in [-0.2, -0.15) is 0 Å². The number of hydrogen-bond acceptors (Lipinski definition) is 2. The average Bonchev–Trinajstić information content (AvgIpc) is 1.85. The summed E-state index contributed by atoms with van der Waals surface area (Å²) in [4.78, 5) is 10.6. The van der Waals surface area contributed by atoms with Crippen LogP contribution in [0.1, 0.15) is 26.7 Å². The van der Waals surface area contributed by atoms with Crippen LogP contribution in [0.5, 0.6) is 0 Å². The molecule has 0 amide bonds. The number of ether oxygens (including phenoxy) is 1. The van der Waals surface area contributed by atoms with E-state index >= 15 is 0 Å². The standard InChI is InChI=1S/C8H14O3/c1-8(2)5-6(7(9)10)3-4-11-8/h6H,3-5H2,1-2H3,(H,9,10)/t6-/m0/s1. The van der Waals surface area contributed by atoms with Crippen LogP contribution in [0.2, 0.25) is 0 Å². The highest BCUT2D eigenvalue weighted by atomic mass is 16.5. The van der Waals surface area contributed by atoms with Gasteiger partial charge in [-0.15, -0.1) is 0 Å². The van der Waals surface area contributed by atoms with E-state index in [1.54, 1.807) is 0 Å². The number of carboxylic acids is 1. The fourth-order valence-corrected chi connectivity index (χ4v) is 1.44. The van der Waals surface area contributed by atoms with E-state index < -0.39 is 5.97 Å². The topological polar surface area (TPSA) is 46.5 Å². The molecule has 1 aliphatic heterocycles. The molecule has 1 fully saturated rings. The third-order valence-electron chi connectivity index (χ3n) is 2.05. The Morgan fingerprint density at radius 2 is 2.27 bits per heavy atom. The van der Waals surface area contributed by atoms with E-state index in [0.717, 1.165) is 0 Å². The van der Waals surface area contributed by atoms with Crippen LogP contribution in [-0.4, -0.2) is 23.3 Å². The maximum atomic E-state index is 10.6. The van der Waals surface area contributed by atoms with Gasteiger partial charge in [0.15, 0.2) is 0 Å². The number of hydrogen-bond donors (Lipinski definition) is 1. The Morgan fingerprint density at radius 1 is 1.64 bits per heavy atom. The zero-order valence-electron chi connectivity index (χ0n) is 6.96. The summed E-state index contributed by atoms with van der Waals surface area (Å²) >= 11 is 0. The fraction of sp³-hybridized carbons (Fsp3) is 0.875. The van der Waals surface area contributed by atoms with E-state index in [2.05, 4.69) is 0 Å². The van der Waals surface area contributed by atoms with E-state index in [9.17, 15) is 4.79 Å². The molecule has 1 heterocycles. The third-order valence-corrected chi connectivity index (χ3v) is 2.05. The summed E-state index contributed by atoms with van der Waals surface area (Å²) in [6.45, 7) is 4.44. The lowest BCUT2D eigenvalue weighted by molar-refractivity contribution is -0.151. The fourth-order valence-electron chi connectivity index (χ4n) is 1.44. The summed E-state index contributed by atoms with van der Waals surface area (Å²) in [7, 11) is 0. The molecule has 1 rings (SSSR count). The third kappa shape index (κ3) is 2.19. The predicted octanol–water partition coefficient (Wildman–Crippen LogP) is 1.28. The normalized spacial score (nSPS) is 29.8. The SMILES string of the molecule is CC1(C)C[C@@H](C(=O)O)CCO1. The quantitative estimate of drug-likeness (QED) is 0.625. The summed E-state index contributed by atoms with van der Waals surface area (Å²) < 4.78 is 5.38. The van der Waals surface area contributed by atoms with Crippen LogP contribution in [-0.2, 0) is 9.53 Å². The van der Waals surface area contributed by atoms with Crippen molar-refractivity contribution in [3.05, 3.63) is 0 Å². The van der Waals surface area contributed by atoms with Crippen molar-refractivity contribution >= 4 is 5.97 Å². The van der Waals surface area contributed by atoms with Gasteiger partial charge < -0.3 is 9.84 Å². The molecule has 64 valence electrons. The molecule has 0 spiro atoms. The first kappa shape index (κ1) is 8.53. The summed E-state index contributed by atoms with van der Waals surface area (Å²) in [6, 6.07) is 0. The molecule has 1 saturated heterocycles. The lowest BCUT2D eigenvalue weighted by atomic mass is 9.89. The van der Waals surface area contributed by atoms with E-state index in [1.165, 1.54) is 0 Å². The van der Waals surface area contributed by atoms with Crippen LogP contribution in [0.25, 0.3) is 0 Å². The van der Waals surface area contributed by atoms with E-state index in [0.29, 0.717) is 19.4 Å². The van der Waals surface area contributed by atoms with Gasteiger partial charge in [-0.05, 0) is 26.7 Å². The summed E-state index contributed by atoms with van der Waals surface area (Å²) in [5, 5.41) is 8.71. The Morgan fingerprint density at radius 3 is 2.64 bits per heavy atom. The van der Waals surface area contributed by atoms with Crippen LogP contribution in [0.15, 0.2) is 0 Å². The van der Waals surface area contributed by atoms with Gasteiger partial charge in [0.1, 0.15) is 0 Å². The van der Waals surface area contributed by atoms with Gasteiger partial charge in [0.05, 0.1) is 11.5 Å². The summed E-state index contributed by atoms with van der Waals surface area (Å²) in [6.07, 6.45) is 1.28. The van der Waals surface area contributed by atoms with Crippen LogP contribution in [0.3, 0.4) is 0 Å². The Labute approximate surface area is 66.4 Å². The van der Waals surface area contributed by atoms with Crippen molar-refractivity contribution < 1.29 is 14.6 Å². The van der Waals surface area contributed by atoms with Crippen molar-refractivity contribution in [1.29, 1.82) is 0 Å². The minimum atomic E-state index is -0.693. The lowest BCUT2D eigenvalue weighted by Gasteiger charge is -2.33. The second kappa shape index (κ2) is 2.81. The van der Waals surface area contributed by atoms with Crippen LogP contribution in [0, 0.1) is 5.92 Å². The first-order valence-corrected chi connectivity index (χ1v) is 3.88. The minimum Gasteiger partial charge on any atom is -0.481 e. The van der Waals surface area contributed by atoms with Crippen LogP contribution in [0.4, 0.5) is 0 Å². The molecule has 3 nitrogen and oxygen atoms in total. The molecule has 3 heteroatoms. The second-order valence-electron chi connectivity index (χ2n) is 3.64. The molecule has 1 aliphatic rings. The van der Waals surface area contributed by atoms with E-state index in [-0.39, 0.29) is 11.5 Å². The zero-order chi connectivity index (χ0) is 8.48. The predicted molar refractivity (Wildman–Crippen MR) is 40.4 cm³/mol. The molecule has 1 N–H and O–H groups in total. The molecular weight excluding hydrogens is 144 g/mol. The van der Waals surface area contributed by atoms with Crippen molar-refractivity contribution in [2.24, 2.45) is 5.92 Å². The molecule has 0 aromatic rings. The van der Waals surface area contributed by atoms with Crippen LogP contribution >= 0.6 is 0 Å². The average molecular weight is 158 g/mol. The van der Waals surface area contributed by atoms with Crippen molar-refractivity contribution in [2.45, 2.75) is 32.3 Å². The van der Waals surface area contributed by atoms with Gasteiger partial charge in [-0.1, -0.05) is 0 Å². The Bertz CT molecular complexity index is 163. The lowest BCUT2D eigenvalue weighted by Crippen LogP contribution is -2.36. The molecule has 0 radical (unpaired) electrons. The minimum absolute atomic E-state index is 0.209. The second-order valence-corrected chi connectivity index (χ2v) is 3.64. The largest absolute Gasteiger partial charge is 0.481 e. The van der Waals surface area contributed by atoms with Crippen molar-refractivity contribution in [3.8, 4) is 0 Å². The monoisotopic (exact) mass is 158 g/mol. The number of aliphatic carboxylic acids is 1. The Kier molecular flexibility index (Phi) is 2.18. The Balaban J connectivity index is 2.53. The van der Waals surface area contributed by atoms with Crippen molar-refractivity contribution in [3.63, 3.8) is 0 Å². The van der Waals surface area contributed by atoms with Crippen molar-refractivity contribution in [2.75, 3.05) is 6.61 Å². The molecular formula is C8H14O3. The molecule has 1 atom stereocenters. The Hall–Kier alpha value is -0.570. The highest BCUT2D eigenvalue weighted by Gasteiger charge is 2.32. The number of carbonyl (C=O) groups is 1. The molecule has 0 aromatic heterocycles. The maximum absolute atomic E-state index is 10.6. The molecule has 0 aromatic carbocycles. The molecule has 11 heavy (non-hydrogen) atoms. The van der Waals surface area contributed by atoms with Gasteiger partial charge in [0.25, 0.3) is 0 Å². The number of carboxylic acid groups (broad SMARTS) is 1. The van der Waals surface area contributed by atoms with Gasteiger partial charge in [0.2, 0.25) is 0 Å². The molecule has 0 bridgehead atoms. The van der Waals surface area contributed by atoms with E-state index in [4.69, 9.17) is 9.84 Å².